The zero-order valence-corrected chi connectivity index (χ0v) is 22.8. The van der Waals surface area contributed by atoms with E-state index in [1.54, 1.807) is 13.2 Å². The molecule has 7 heteroatoms. The second kappa shape index (κ2) is 9.54. The van der Waals surface area contributed by atoms with E-state index in [1.807, 2.05) is 44.2 Å². The number of carbonyl (C=O) groups excluding carboxylic acids is 2. The number of thiocarbonyl (C=S) groups is 1. The zero-order valence-electron chi connectivity index (χ0n) is 22.0. The zero-order chi connectivity index (χ0) is 26.4. The lowest BCUT2D eigenvalue weighted by Crippen LogP contribution is -2.54. The Morgan fingerprint density at radius 2 is 1.83 bits per heavy atom. The minimum Gasteiger partial charge on any atom is -0.496 e. The molecule has 2 amide bonds. The summed E-state index contributed by atoms with van der Waals surface area (Å²) in [6.07, 6.45) is 4.87. The molecule has 188 valence electrons. The lowest BCUT2D eigenvalue weighted by Gasteiger charge is -2.43. The number of amides is 2. The summed E-state index contributed by atoms with van der Waals surface area (Å²) < 4.78 is 5.75. The molecule has 0 aromatic heterocycles. The summed E-state index contributed by atoms with van der Waals surface area (Å²) >= 11 is 5.40. The van der Waals surface area contributed by atoms with Gasteiger partial charge in [-0.3, -0.25) is 19.8 Å². The van der Waals surface area contributed by atoms with Crippen LogP contribution in [0.15, 0.2) is 42.0 Å². The number of benzene rings is 2. The molecule has 2 aromatic rings. The number of nitrogens with zero attached hydrogens (tertiary/aromatic N) is 2. The van der Waals surface area contributed by atoms with Crippen molar-refractivity contribution >= 4 is 52.2 Å². The molecule has 0 spiro atoms. The number of allylic oxidation sites excluding steroid dienone is 1. The predicted octanol–water partition coefficient (Wildman–Crippen LogP) is 5.56. The van der Waals surface area contributed by atoms with E-state index in [2.05, 4.69) is 44.0 Å². The van der Waals surface area contributed by atoms with Crippen molar-refractivity contribution in [3.8, 4) is 5.75 Å². The molecule has 1 N–H and O–H groups in total. The highest BCUT2D eigenvalue weighted by molar-refractivity contribution is 7.80. The van der Waals surface area contributed by atoms with Crippen LogP contribution >= 0.6 is 12.2 Å². The number of carbonyl (C=O) groups is 2. The molecule has 2 aliphatic rings. The second-order valence-corrected chi connectivity index (χ2v) is 10.3. The third-order valence-electron chi connectivity index (χ3n) is 6.99. The van der Waals surface area contributed by atoms with Crippen molar-refractivity contribution in [2.75, 3.05) is 23.5 Å². The first-order valence-electron chi connectivity index (χ1n) is 12.2. The molecule has 4 rings (SSSR count). The van der Waals surface area contributed by atoms with Gasteiger partial charge in [0.05, 0.1) is 18.3 Å². The Morgan fingerprint density at radius 3 is 2.50 bits per heavy atom. The van der Waals surface area contributed by atoms with E-state index in [4.69, 9.17) is 17.0 Å². The molecular weight excluding hydrogens is 470 g/mol. The molecule has 0 atom stereocenters. The number of anilines is 2. The lowest BCUT2D eigenvalue weighted by molar-refractivity contribution is -0.122. The van der Waals surface area contributed by atoms with Gasteiger partial charge < -0.3 is 9.64 Å². The van der Waals surface area contributed by atoms with Gasteiger partial charge in [0.25, 0.3) is 11.8 Å². The van der Waals surface area contributed by atoms with Crippen molar-refractivity contribution < 1.29 is 14.3 Å². The summed E-state index contributed by atoms with van der Waals surface area (Å²) in [5, 5.41) is 2.76. The van der Waals surface area contributed by atoms with Crippen molar-refractivity contribution in [2.45, 2.75) is 53.5 Å². The summed E-state index contributed by atoms with van der Waals surface area (Å²) in [5.74, 6) is -0.384. The van der Waals surface area contributed by atoms with Crippen molar-refractivity contribution in [3.05, 3.63) is 64.2 Å². The summed E-state index contributed by atoms with van der Waals surface area (Å²) in [4.78, 5) is 30.4. The number of methoxy groups -OCH3 is 1. The van der Waals surface area contributed by atoms with E-state index in [-0.39, 0.29) is 16.2 Å². The van der Waals surface area contributed by atoms with E-state index in [0.717, 1.165) is 40.9 Å². The fourth-order valence-corrected chi connectivity index (χ4v) is 5.33. The standard InChI is InChI=1S/C29H33N3O3S/c1-8-12-31-24-15-25(35-7)20(13-21(24)18(3)16-29(31,5)6)14-22-26(33)30-28(36)32(27(22)34)23-11-9-10-17(2)19(23)4/h9-11,13-16H,8,12H2,1-7H3,(H,30,33,36)/b22-14-. The van der Waals surface area contributed by atoms with Crippen LogP contribution in [0.2, 0.25) is 0 Å². The van der Waals surface area contributed by atoms with E-state index in [1.165, 1.54) is 4.90 Å². The van der Waals surface area contributed by atoms with Crippen molar-refractivity contribution in [1.29, 1.82) is 0 Å². The lowest BCUT2D eigenvalue weighted by atomic mass is 9.87. The Bertz CT molecular complexity index is 1340. The van der Waals surface area contributed by atoms with Gasteiger partial charge in [0, 0.05) is 29.4 Å². The molecule has 2 aromatic carbocycles. The quantitative estimate of drug-likeness (QED) is 0.329. The van der Waals surface area contributed by atoms with Gasteiger partial charge in [0.1, 0.15) is 11.3 Å². The highest BCUT2D eigenvalue weighted by Gasteiger charge is 2.36. The molecule has 0 bridgehead atoms. The fraction of sp³-hybridized carbons (Fsp3) is 0.345. The van der Waals surface area contributed by atoms with Crippen LogP contribution in [0.4, 0.5) is 11.4 Å². The number of nitrogens with one attached hydrogen (secondary N) is 1. The number of aryl methyl sites for hydroxylation is 1. The van der Waals surface area contributed by atoms with Gasteiger partial charge in [0.15, 0.2) is 5.11 Å². The molecule has 0 radical (unpaired) electrons. The Morgan fingerprint density at radius 1 is 1.11 bits per heavy atom. The highest BCUT2D eigenvalue weighted by Crippen LogP contribution is 2.43. The maximum Gasteiger partial charge on any atom is 0.270 e. The Labute approximate surface area is 218 Å². The van der Waals surface area contributed by atoms with Gasteiger partial charge >= 0.3 is 0 Å². The summed E-state index contributed by atoms with van der Waals surface area (Å²) in [5.41, 5.74) is 6.42. The van der Waals surface area contributed by atoms with E-state index < -0.39 is 11.8 Å². The van der Waals surface area contributed by atoms with Gasteiger partial charge in [-0.25, -0.2) is 0 Å². The van der Waals surface area contributed by atoms with Crippen LogP contribution < -0.4 is 19.9 Å². The van der Waals surface area contributed by atoms with Crippen LogP contribution in [-0.2, 0) is 9.59 Å². The van der Waals surface area contributed by atoms with Crippen molar-refractivity contribution in [3.63, 3.8) is 0 Å². The minimum atomic E-state index is -0.521. The van der Waals surface area contributed by atoms with Gasteiger partial charge in [0.2, 0.25) is 0 Å². The molecule has 1 saturated heterocycles. The van der Waals surface area contributed by atoms with Crippen LogP contribution in [0.5, 0.6) is 5.75 Å². The summed E-state index contributed by atoms with van der Waals surface area (Å²) in [6.45, 7) is 13.5. The van der Waals surface area contributed by atoms with E-state index in [0.29, 0.717) is 17.0 Å². The second-order valence-electron chi connectivity index (χ2n) is 9.92. The summed E-state index contributed by atoms with van der Waals surface area (Å²) in [6, 6.07) is 9.69. The first kappa shape index (κ1) is 25.6. The molecule has 0 aliphatic carbocycles. The largest absolute Gasteiger partial charge is 0.496 e. The average molecular weight is 504 g/mol. The van der Waals surface area contributed by atoms with Crippen LogP contribution in [0, 0.1) is 13.8 Å². The topological polar surface area (TPSA) is 61.9 Å². The maximum atomic E-state index is 13.6. The van der Waals surface area contributed by atoms with Gasteiger partial charge in [-0.1, -0.05) is 25.1 Å². The molecule has 1 fully saturated rings. The predicted molar refractivity (Wildman–Crippen MR) is 150 cm³/mol. The number of ether oxygens (including phenoxy) is 1. The fourth-order valence-electron chi connectivity index (χ4n) is 5.05. The van der Waals surface area contributed by atoms with Crippen LogP contribution in [-0.4, -0.2) is 36.1 Å². The molecule has 36 heavy (non-hydrogen) atoms. The average Bonchev–Trinajstić information content (AvgIpc) is 2.81. The molecule has 2 heterocycles. The molecule has 0 unspecified atom stereocenters. The van der Waals surface area contributed by atoms with Crippen molar-refractivity contribution in [1.82, 2.24) is 5.32 Å². The minimum absolute atomic E-state index is 0.00550. The van der Waals surface area contributed by atoms with E-state index >= 15 is 0 Å². The molecular formula is C29H33N3O3S. The van der Waals surface area contributed by atoms with Crippen molar-refractivity contribution in [2.24, 2.45) is 0 Å². The van der Waals surface area contributed by atoms with Crippen LogP contribution in [0.3, 0.4) is 0 Å². The van der Waals surface area contributed by atoms with Gasteiger partial charge in [-0.2, -0.15) is 0 Å². The number of fused-ring (bicyclic) bond motifs is 1. The molecule has 0 saturated carbocycles. The Hall–Kier alpha value is -3.45. The molecule has 6 nitrogen and oxygen atoms in total. The Balaban J connectivity index is 1.84. The monoisotopic (exact) mass is 503 g/mol. The summed E-state index contributed by atoms with van der Waals surface area (Å²) in [7, 11) is 1.60. The number of hydrogen-bond acceptors (Lipinski definition) is 5. The highest BCUT2D eigenvalue weighted by atomic mass is 32.1. The van der Waals surface area contributed by atoms with Crippen LogP contribution in [0.1, 0.15) is 56.4 Å². The van der Waals surface area contributed by atoms with Crippen LogP contribution in [0.25, 0.3) is 11.6 Å². The SMILES string of the molecule is CCCN1c2cc(OC)c(/C=C3/C(=O)NC(=S)N(c4cccc(C)c4C)C3=O)cc2C(C)=CC1(C)C. The number of rotatable bonds is 5. The Kier molecular flexibility index (Phi) is 6.80. The third kappa shape index (κ3) is 4.32. The number of hydrogen-bond donors (Lipinski definition) is 1. The maximum absolute atomic E-state index is 13.6. The smallest absolute Gasteiger partial charge is 0.270 e. The van der Waals surface area contributed by atoms with Gasteiger partial charge in [-0.05, 0) is 88.2 Å². The first-order chi connectivity index (χ1) is 17.0. The van der Waals surface area contributed by atoms with Gasteiger partial charge in [-0.15, -0.1) is 0 Å². The third-order valence-corrected chi connectivity index (χ3v) is 7.28. The normalized spacial score (nSPS) is 18.2. The first-order valence-corrected chi connectivity index (χ1v) is 12.6. The molecule has 2 aliphatic heterocycles. The van der Waals surface area contributed by atoms with E-state index in [9.17, 15) is 9.59 Å².